The number of ketones is 1. The Morgan fingerprint density at radius 2 is 1.89 bits per heavy atom. The van der Waals surface area contributed by atoms with Gasteiger partial charge >= 0.3 is 6.36 Å². The van der Waals surface area contributed by atoms with Crippen LogP contribution in [0.5, 0.6) is 0 Å². The zero-order valence-electron chi connectivity index (χ0n) is 9.86. The monoisotopic (exact) mass is 295 g/mol. The Labute approximate surface area is 114 Å². The molecule has 0 aliphatic carbocycles. The van der Waals surface area contributed by atoms with Crippen molar-refractivity contribution in [1.29, 1.82) is 0 Å². The van der Waals surface area contributed by atoms with Gasteiger partial charge in [-0.1, -0.05) is 30.3 Å². The molecule has 1 aliphatic heterocycles. The third-order valence-corrected chi connectivity index (χ3v) is 2.90. The first-order chi connectivity index (χ1) is 8.46. The molecule has 19 heavy (non-hydrogen) atoms. The maximum Gasteiger partial charge on any atom is 0.522 e. The van der Waals surface area contributed by atoms with Gasteiger partial charge in [-0.2, -0.15) is 0 Å². The Kier molecular flexibility index (Phi) is 5.34. The molecule has 1 aliphatic rings. The fourth-order valence-corrected chi connectivity index (χ4v) is 2.11. The first kappa shape index (κ1) is 15.9. The molecule has 1 aromatic carbocycles. The number of nitrogens with two attached hydrogens (primary N) is 1. The van der Waals surface area contributed by atoms with E-state index in [2.05, 4.69) is 4.74 Å². The van der Waals surface area contributed by atoms with E-state index in [1.165, 1.54) is 0 Å². The first-order valence-electron chi connectivity index (χ1n) is 5.63. The lowest BCUT2D eigenvalue weighted by molar-refractivity contribution is -0.659. The van der Waals surface area contributed by atoms with Gasteiger partial charge in [0.25, 0.3) is 0 Å². The number of Topliss-reactive ketones (excluding diaryl/α,β-unsaturated/α-hetero) is 1. The zero-order valence-corrected chi connectivity index (χ0v) is 10.6. The normalized spacial score (nSPS) is 22.9. The van der Waals surface area contributed by atoms with Gasteiger partial charge in [0, 0.05) is 12.0 Å². The quantitative estimate of drug-likeness (QED) is 0.663. The lowest BCUT2D eigenvalue weighted by Crippen LogP contribution is -3.00. The first-order valence-corrected chi connectivity index (χ1v) is 5.63. The van der Waals surface area contributed by atoms with Crippen molar-refractivity contribution < 1.29 is 40.4 Å². The van der Waals surface area contributed by atoms with Gasteiger partial charge in [0.2, 0.25) is 5.78 Å². The van der Waals surface area contributed by atoms with Crippen LogP contribution >= 0.6 is 0 Å². The van der Waals surface area contributed by atoms with Gasteiger partial charge in [-0.05, 0) is 0 Å². The number of halogens is 4. The molecule has 2 N–H and O–H groups in total. The molecule has 3 nitrogen and oxygen atoms in total. The number of carbonyl (C=O) groups excluding carboxylic acids is 1. The number of carbonyl (C=O) groups is 1. The Morgan fingerprint density at radius 1 is 1.26 bits per heavy atom. The summed E-state index contributed by atoms with van der Waals surface area (Å²) in [6.45, 7) is 0.156. The van der Waals surface area contributed by atoms with Crippen molar-refractivity contribution in [2.75, 3.05) is 6.54 Å². The SMILES string of the molecule is O=C(c1ccccc1)[C@@H]1C[C@H](OC(F)(F)F)C[NH2+]1.[Cl-]. The Hall–Kier alpha value is -1.11. The molecule has 1 fully saturated rings. The number of alkyl halides is 3. The largest absolute Gasteiger partial charge is 1.00 e. The average molecular weight is 296 g/mol. The average Bonchev–Trinajstić information content (AvgIpc) is 2.75. The van der Waals surface area contributed by atoms with Crippen molar-refractivity contribution in [1.82, 2.24) is 0 Å². The number of benzene rings is 1. The minimum absolute atomic E-state index is 0. The van der Waals surface area contributed by atoms with Crippen molar-refractivity contribution in [2.45, 2.75) is 24.9 Å². The summed E-state index contributed by atoms with van der Waals surface area (Å²) in [5, 5.41) is 1.60. The van der Waals surface area contributed by atoms with Gasteiger partial charge in [-0.15, -0.1) is 13.2 Å². The van der Waals surface area contributed by atoms with Gasteiger partial charge in [-0.25, -0.2) is 0 Å². The van der Waals surface area contributed by atoms with Gasteiger partial charge < -0.3 is 17.7 Å². The van der Waals surface area contributed by atoms with E-state index in [1.54, 1.807) is 35.6 Å². The number of hydrogen-bond acceptors (Lipinski definition) is 2. The fraction of sp³-hybridized carbons (Fsp3) is 0.417. The zero-order chi connectivity index (χ0) is 13.2. The van der Waals surface area contributed by atoms with E-state index in [9.17, 15) is 18.0 Å². The lowest BCUT2D eigenvalue weighted by Gasteiger charge is -2.10. The van der Waals surface area contributed by atoms with E-state index in [4.69, 9.17) is 0 Å². The van der Waals surface area contributed by atoms with E-state index in [0.717, 1.165) is 0 Å². The summed E-state index contributed by atoms with van der Waals surface area (Å²) in [5.74, 6) is -0.149. The predicted octanol–water partition coefficient (Wildman–Crippen LogP) is -1.89. The van der Waals surface area contributed by atoms with E-state index in [0.29, 0.717) is 5.56 Å². The molecule has 0 spiro atoms. The van der Waals surface area contributed by atoms with Crippen molar-refractivity contribution in [2.24, 2.45) is 0 Å². The molecule has 1 aromatic rings. The highest BCUT2D eigenvalue weighted by atomic mass is 35.5. The summed E-state index contributed by atoms with van der Waals surface area (Å²) in [5.41, 5.74) is 0.520. The standard InChI is InChI=1S/C12H12F3NO2.ClH/c13-12(14,15)18-9-6-10(16-7-9)11(17)8-4-2-1-3-5-8;/h1-5,9-10,16H,6-7H2;1H/t9-,10-;/m0./s1. The summed E-state index contributed by atoms with van der Waals surface area (Å²) in [4.78, 5) is 12.0. The molecule has 0 radical (unpaired) electrons. The second-order valence-corrected chi connectivity index (χ2v) is 4.23. The van der Waals surface area contributed by atoms with E-state index < -0.39 is 18.5 Å². The Morgan fingerprint density at radius 3 is 2.47 bits per heavy atom. The summed E-state index contributed by atoms with van der Waals surface area (Å²) in [6, 6.07) is 8.07. The van der Waals surface area contributed by atoms with E-state index >= 15 is 0 Å². The Bertz CT molecular complexity index is 425. The number of ether oxygens (including phenoxy) is 1. The molecule has 2 rings (SSSR count). The van der Waals surface area contributed by atoms with Crippen LogP contribution in [-0.4, -0.2) is 30.8 Å². The third kappa shape index (κ3) is 4.49. The highest BCUT2D eigenvalue weighted by Gasteiger charge is 2.41. The second kappa shape index (κ2) is 6.36. The van der Waals surface area contributed by atoms with Gasteiger partial charge in [0.1, 0.15) is 12.6 Å². The summed E-state index contributed by atoms with van der Waals surface area (Å²) in [6.07, 6.45) is -5.49. The molecule has 0 amide bonds. The topological polar surface area (TPSA) is 42.9 Å². The van der Waals surface area contributed by atoms with E-state index in [-0.39, 0.29) is 31.2 Å². The number of rotatable bonds is 3. The van der Waals surface area contributed by atoms with Crippen LogP contribution in [0, 0.1) is 0 Å². The molecule has 1 saturated heterocycles. The molecule has 0 bridgehead atoms. The molecule has 1 heterocycles. The maximum absolute atomic E-state index is 12.0. The van der Waals surface area contributed by atoms with Crippen molar-refractivity contribution in [3.05, 3.63) is 35.9 Å². The van der Waals surface area contributed by atoms with Gasteiger partial charge in [0.05, 0.1) is 0 Å². The Balaban J connectivity index is 0.00000180. The molecule has 0 aromatic heterocycles. The van der Waals surface area contributed by atoms with Crippen LogP contribution in [0.25, 0.3) is 0 Å². The van der Waals surface area contributed by atoms with Crippen LogP contribution in [0.3, 0.4) is 0 Å². The second-order valence-electron chi connectivity index (χ2n) is 4.23. The third-order valence-electron chi connectivity index (χ3n) is 2.90. The van der Waals surface area contributed by atoms with Crippen LogP contribution in [0.2, 0.25) is 0 Å². The highest BCUT2D eigenvalue weighted by Crippen LogP contribution is 2.22. The minimum Gasteiger partial charge on any atom is -1.00 e. The van der Waals surface area contributed by atoms with Crippen molar-refractivity contribution >= 4 is 5.78 Å². The van der Waals surface area contributed by atoms with Crippen LogP contribution in [0.15, 0.2) is 30.3 Å². The minimum atomic E-state index is -4.64. The van der Waals surface area contributed by atoms with Gasteiger partial charge in [0.15, 0.2) is 6.04 Å². The summed E-state index contributed by atoms with van der Waals surface area (Å²) < 4.78 is 40.0. The molecule has 2 atom stereocenters. The predicted molar refractivity (Wildman–Crippen MR) is 56.9 cm³/mol. The highest BCUT2D eigenvalue weighted by molar-refractivity contribution is 5.99. The lowest BCUT2D eigenvalue weighted by atomic mass is 10.0. The maximum atomic E-state index is 12.0. The van der Waals surface area contributed by atoms with Crippen LogP contribution in [0.1, 0.15) is 16.8 Å². The van der Waals surface area contributed by atoms with Crippen LogP contribution in [0.4, 0.5) is 13.2 Å². The van der Waals surface area contributed by atoms with Gasteiger partial charge in [-0.3, -0.25) is 9.53 Å². The molecule has 0 saturated carbocycles. The van der Waals surface area contributed by atoms with Crippen LogP contribution in [-0.2, 0) is 4.74 Å². The fourth-order valence-electron chi connectivity index (χ4n) is 2.11. The summed E-state index contributed by atoms with van der Waals surface area (Å²) >= 11 is 0. The smallest absolute Gasteiger partial charge is 0.522 e. The number of hydrogen-bond donors (Lipinski definition) is 1. The number of quaternary nitrogens is 1. The molecular formula is C12H13ClF3NO2. The van der Waals surface area contributed by atoms with Crippen molar-refractivity contribution in [3.63, 3.8) is 0 Å². The van der Waals surface area contributed by atoms with E-state index in [1.807, 2.05) is 0 Å². The molecule has 7 heteroatoms. The molecule has 106 valence electrons. The summed E-state index contributed by atoms with van der Waals surface area (Å²) in [7, 11) is 0. The van der Waals surface area contributed by atoms with Crippen molar-refractivity contribution in [3.8, 4) is 0 Å². The molecular weight excluding hydrogens is 283 g/mol. The molecule has 0 unspecified atom stereocenters. The van der Waals surface area contributed by atoms with Crippen LogP contribution < -0.4 is 17.7 Å².